The Labute approximate surface area is 143 Å². The zero-order valence-corrected chi connectivity index (χ0v) is 14.5. The Balaban J connectivity index is 1.90. The van der Waals surface area contributed by atoms with Gasteiger partial charge in [-0.1, -0.05) is 6.92 Å². The van der Waals surface area contributed by atoms with Gasteiger partial charge in [-0.25, -0.2) is 0 Å². The standard InChI is InChI=1S/C18H28N2O4/c1-3-7-17(22)20-10-5-4-8-14(20)18(23)19-13(2)12-15(21)16-9-6-11-24-16/h6,9,11,13-15,21H,3-5,7-8,10,12H2,1-2H3,(H,19,23). The average molecular weight is 336 g/mol. The van der Waals surface area contributed by atoms with Crippen LogP contribution in [0.2, 0.25) is 0 Å². The molecule has 1 saturated heterocycles. The lowest BCUT2D eigenvalue weighted by atomic mass is 9.99. The van der Waals surface area contributed by atoms with Gasteiger partial charge in [-0.05, 0) is 44.7 Å². The average Bonchev–Trinajstić information content (AvgIpc) is 3.09. The molecule has 0 saturated carbocycles. The predicted molar refractivity (Wildman–Crippen MR) is 90.1 cm³/mol. The van der Waals surface area contributed by atoms with Crippen molar-refractivity contribution >= 4 is 11.8 Å². The van der Waals surface area contributed by atoms with Crippen molar-refractivity contribution in [3.05, 3.63) is 24.2 Å². The molecule has 6 heteroatoms. The number of hydrogen-bond acceptors (Lipinski definition) is 4. The number of nitrogens with one attached hydrogen (secondary N) is 1. The SMILES string of the molecule is CCCC(=O)N1CCCCC1C(=O)NC(C)CC(O)c1ccco1. The third kappa shape index (κ3) is 4.84. The minimum atomic E-state index is -0.750. The minimum Gasteiger partial charge on any atom is -0.467 e. The fourth-order valence-corrected chi connectivity index (χ4v) is 3.19. The quantitative estimate of drug-likeness (QED) is 0.801. The molecule has 2 amide bonds. The monoisotopic (exact) mass is 336 g/mol. The normalized spacial score (nSPS) is 20.5. The number of carbonyl (C=O) groups excluding carboxylic acids is 2. The molecule has 6 nitrogen and oxygen atoms in total. The van der Waals surface area contributed by atoms with Crippen LogP contribution in [0.3, 0.4) is 0 Å². The highest BCUT2D eigenvalue weighted by Gasteiger charge is 2.32. The zero-order chi connectivity index (χ0) is 17.5. The van der Waals surface area contributed by atoms with Gasteiger partial charge in [0, 0.05) is 25.4 Å². The summed E-state index contributed by atoms with van der Waals surface area (Å²) in [5.74, 6) is 0.424. The minimum absolute atomic E-state index is 0.0561. The molecule has 0 aromatic carbocycles. The van der Waals surface area contributed by atoms with E-state index in [1.54, 1.807) is 17.0 Å². The maximum Gasteiger partial charge on any atom is 0.243 e. The Morgan fingerprint density at radius 1 is 1.46 bits per heavy atom. The first-order chi connectivity index (χ1) is 11.5. The van der Waals surface area contributed by atoms with Crippen LogP contribution >= 0.6 is 0 Å². The van der Waals surface area contributed by atoms with Crippen LogP contribution in [0.1, 0.15) is 64.2 Å². The lowest BCUT2D eigenvalue weighted by Gasteiger charge is -2.35. The Kier molecular flexibility index (Phi) is 6.85. The van der Waals surface area contributed by atoms with Crippen molar-refractivity contribution in [3.8, 4) is 0 Å². The van der Waals surface area contributed by atoms with Crippen molar-refractivity contribution in [2.75, 3.05) is 6.54 Å². The number of aliphatic hydroxyl groups excluding tert-OH is 1. The smallest absolute Gasteiger partial charge is 0.243 e. The van der Waals surface area contributed by atoms with Crippen molar-refractivity contribution < 1.29 is 19.1 Å². The summed E-state index contributed by atoms with van der Waals surface area (Å²) in [6, 6.07) is 2.84. The van der Waals surface area contributed by atoms with Crippen molar-refractivity contribution in [2.24, 2.45) is 0 Å². The van der Waals surface area contributed by atoms with Crippen molar-refractivity contribution in [3.63, 3.8) is 0 Å². The topological polar surface area (TPSA) is 82.8 Å². The van der Waals surface area contributed by atoms with Gasteiger partial charge in [-0.15, -0.1) is 0 Å². The largest absolute Gasteiger partial charge is 0.467 e. The van der Waals surface area contributed by atoms with Crippen LogP contribution in [0.15, 0.2) is 22.8 Å². The first-order valence-electron chi connectivity index (χ1n) is 8.84. The summed E-state index contributed by atoms with van der Waals surface area (Å²) in [5.41, 5.74) is 0. The zero-order valence-electron chi connectivity index (χ0n) is 14.5. The number of furan rings is 1. The molecule has 0 spiro atoms. The molecular weight excluding hydrogens is 308 g/mol. The van der Waals surface area contributed by atoms with Crippen LogP contribution in [0.5, 0.6) is 0 Å². The van der Waals surface area contributed by atoms with E-state index in [2.05, 4.69) is 5.32 Å². The Morgan fingerprint density at radius 3 is 2.92 bits per heavy atom. The molecule has 1 aliphatic rings. The Bertz CT molecular complexity index is 529. The molecule has 1 aliphatic heterocycles. The molecule has 2 heterocycles. The summed E-state index contributed by atoms with van der Waals surface area (Å²) in [5, 5.41) is 13.0. The number of rotatable bonds is 7. The summed E-state index contributed by atoms with van der Waals surface area (Å²) in [7, 11) is 0. The number of hydrogen-bond donors (Lipinski definition) is 2. The second-order valence-corrected chi connectivity index (χ2v) is 6.53. The first-order valence-corrected chi connectivity index (χ1v) is 8.84. The molecule has 2 N–H and O–H groups in total. The van der Waals surface area contributed by atoms with Crippen LogP contribution in [0.25, 0.3) is 0 Å². The Hall–Kier alpha value is -1.82. The molecule has 2 rings (SSSR count). The van der Waals surface area contributed by atoms with Crippen molar-refractivity contribution in [2.45, 2.75) is 70.6 Å². The van der Waals surface area contributed by atoms with Crippen LogP contribution in [-0.2, 0) is 9.59 Å². The van der Waals surface area contributed by atoms with E-state index in [4.69, 9.17) is 4.42 Å². The van der Waals surface area contributed by atoms with Crippen LogP contribution in [0, 0.1) is 0 Å². The maximum absolute atomic E-state index is 12.6. The Morgan fingerprint density at radius 2 is 2.25 bits per heavy atom. The van der Waals surface area contributed by atoms with Crippen LogP contribution < -0.4 is 5.32 Å². The van der Waals surface area contributed by atoms with Gasteiger partial charge < -0.3 is 19.7 Å². The molecule has 1 fully saturated rings. The third-order valence-corrected chi connectivity index (χ3v) is 4.43. The van der Waals surface area contributed by atoms with E-state index < -0.39 is 6.10 Å². The lowest BCUT2D eigenvalue weighted by molar-refractivity contribution is -0.142. The van der Waals surface area contributed by atoms with E-state index in [1.165, 1.54) is 6.26 Å². The molecule has 24 heavy (non-hydrogen) atoms. The molecule has 1 aromatic rings. The number of piperidine rings is 1. The van der Waals surface area contributed by atoms with Gasteiger partial charge in [0.2, 0.25) is 11.8 Å². The highest BCUT2D eigenvalue weighted by atomic mass is 16.4. The van der Waals surface area contributed by atoms with Gasteiger partial charge in [0.25, 0.3) is 0 Å². The third-order valence-electron chi connectivity index (χ3n) is 4.43. The van der Waals surface area contributed by atoms with E-state index in [0.29, 0.717) is 31.6 Å². The first kappa shape index (κ1) is 18.5. The number of amides is 2. The summed E-state index contributed by atoms with van der Waals surface area (Å²) in [6.45, 7) is 4.47. The van der Waals surface area contributed by atoms with Gasteiger partial charge in [-0.2, -0.15) is 0 Å². The molecule has 0 bridgehead atoms. The summed E-state index contributed by atoms with van der Waals surface area (Å²) in [6.07, 6.45) is 5.01. The number of nitrogens with zero attached hydrogens (tertiary/aromatic N) is 1. The predicted octanol–water partition coefficient (Wildman–Crippen LogP) is 2.39. The molecule has 134 valence electrons. The van der Waals surface area contributed by atoms with Gasteiger partial charge in [-0.3, -0.25) is 9.59 Å². The molecular formula is C18H28N2O4. The van der Waals surface area contributed by atoms with E-state index in [1.807, 2.05) is 13.8 Å². The van der Waals surface area contributed by atoms with Gasteiger partial charge in [0.15, 0.2) is 0 Å². The number of likely N-dealkylation sites (tertiary alicyclic amines) is 1. The highest BCUT2D eigenvalue weighted by molar-refractivity contribution is 5.88. The van der Waals surface area contributed by atoms with Crippen molar-refractivity contribution in [1.82, 2.24) is 10.2 Å². The van der Waals surface area contributed by atoms with Gasteiger partial charge in [0.05, 0.1) is 6.26 Å². The van der Waals surface area contributed by atoms with E-state index in [9.17, 15) is 14.7 Å². The molecule has 0 radical (unpaired) electrons. The second-order valence-electron chi connectivity index (χ2n) is 6.53. The summed E-state index contributed by atoms with van der Waals surface area (Å²) >= 11 is 0. The van der Waals surface area contributed by atoms with Crippen LogP contribution in [-0.4, -0.2) is 40.4 Å². The van der Waals surface area contributed by atoms with Gasteiger partial charge in [0.1, 0.15) is 17.9 Å². The van der Waals surface area contributed by atoms with E-state index in [0.717, 1.165) is 19.3 Å². The van der Waals surface area contributed by atoms with E-state index in [-0.39, 0.29) is 23.9 Å². The van der Waals surface area contributed by atoms with Gasteiger partial charge >= 0.3 is 0 Å². The molecule has 0 aliphatic carbocycles. The second kappa shape index (κ2) is 8.87. The van der Waals surface area contributed by atoms with Crippen LogP contribution in [0.4, 0.5) is 0 Å². The maximum atomic E-state index is 12.6. The summed E-state index contributed by atoms with van der Waals surface area (Å²) < 4.78 is 5.18. The van der Waals surface area contributed by atoms with Crippen molar-refractivity contribution in [1.29, 1.82) is 0 Å². The lowest BCUT2D eigenvalue weighted by Crippen LogP contribution is -2.53. The van der Waals surface area contributed by atoms with E-state index >= 15 is 0 Å². The number of aliphatic hydroxyl groups is 1. The summed E-state index contributed by atoms with van der Waals surface area (Å²) in [4.78, 5) is 26.5. The fraction of sp³-hybridized carbons (Fsp3) is 0.667. The fourth-order valence-electron chi connectivity index (χ4n) is 3.19. The molecule has 3 atom stereocenters. The molecule has 3 unspecified atom stereocenters. The highest BCUT2D eigenvalue weighted by Crippen LogP contribution is 2.21. The molecule has 1 aromatic heterocycles. The number of carbonyl (C=O) groups is 2.